The molecule has 0 aromatic carbocycles. The number of hydrogen-bond donors (Lipinski definition) is 2. The molecule has 0 aliphatic rings. The zero-order valence-electron chi connectivity index (χ0n) is 4.75. The first kappa shape index (κ1) is 6.09. The van der Waals surface area contributed by atoms with Gasteiger partial charge in [-0.1, -0.05) is 16.6 Å². The quantitative estimate of drug-likeness (QED) is 0.482. The second kappa shape index (κ2) is 2.49. The number of nitrogens with zero attached hydrogens (tertiary/aromatic N) is 3. The van der Waals surface area contributed by atoms with Gasteiger partial charge in [-0.15, -0.1) is 10.2 Å². The van der Waals surface area contributed by atoms with E-state index in [1.54, 1.807) is 0 Å². The lowest BCUT2D eigenvalue weighted by Crippen LogP contribution is -1.82. The topological polar surface area (TPSA) is 74.0 Å². The van der Waals surface area contributed by atoms with E-state index >= 15 is 0 Å². The van der Waals surface area contributed by atoms with Crippen LogP contribution in [0.3, 0.4) is 0 Å². The fourth-order valence-corrected chi connectivity index (χ4v) is 0.924. The van der Waals surface area contributed by atoms with E-state index in [0.717, 1.165) is 5.01 Å². The van der Waals surface area contributed by atoms with Crippen LogP contribution >= 0.6 is 11.3 Å². The van der Waals surface area contributed by atoms with Crippen LogP contribution in [0.2, 0.25) is 0 Å². The molecule has 48 valence electrons. The number of anilines is 1. The van der Waals surface area contributed by atoms with Crippen molar-refractivity contribution in [1.29, 1.82) is 5.53 Å². The molecule has 1 heterocycles. The molecule has 0 aliphatic carbocycles. The largest absolute Gasteiger partial charge is 0.233 e. The van der Waals surface area contributed by atoms with Crippen LogP contribution in [-0.2, 0) is 0 Å². The molecule has 0 saturated carbocycles. The molecular formula is C3H5N5S. The summed E-state index contributed by atoms with van der Waals surface area (Å²) in [6.07, 6.45) is 0. The van der Waals surface area contributed by atoms with Crippen LogP contribution in [0.4, 0.5) is 5.13 Å². The number of rotatable bonds is 2. The van der Waals surface area contributed by atoms with Gasteiger partial charge in [0.05, 0.1) is 0 Å². The zero-order chi connectivity index (χ0) is 6.69. The molecule has 0 spiro atoms. The van der Waals surface area contributed by atoms with Crippen LogP contribution in [0.1, 0.15) is 5.01 Å². The number of aromatic nitrogens is 2. The molecule has 0 aliphatic heterocycles. The van der Waals surface area contributed by atoms with E-state index in [1.807, 2.05) is 6.92 Å². The van der Waals surface area contributed by atoms with E-state index in [4.69, 9.17) is 5.53 Å². The molecule has 2 N–H and O–H groups in total. The van der Waals surface area contributed by atoms with Crippen LogP contribution in [-0.4, -0.2) is 10.2 Å². The van der Waals surface area contributed by atoms with Crippen molar-refractivity contribution < 1.29 is 0 Å². The highest BCUT2D eigenvalue weighted by atomic mass is 32.1. The predicted octanol–water partition coefficient (Wildman–Crippen LogP) is 1.20. The molecule has 0 atom stereocenters. The van der Waals surface area contributed by atoms with E-state index < -0.39 is 0 Å². The summed E-state index contributed by atoms with van der Waals surface area (Å²) < 4.78 is 0. The molecule has 1 rings (SSSR count). The lowest BCUT2D eigenvalue weighted by molar-refractivity contribution is 1.000. The molecule has 5 nitrogen and oxygen atoms in total. The van der Waals surface area contributed by atoms with Crippen molar-refractivity contribution >= 4 is 16.5 Å². The van der Waals surface area contributed by atoms with Crippen molar-refractivity contribution in [2.24, 2.45) is 5.22 Å². The van der Waals surface area contributed by atoms with Crippen LogP contribution < -0.4 is 5.43 Å². The zero-order valence-corrected chi connectivity index (χ0v) is 5.57. The van der Waals surface area contributed by atoms with Gasteiger partial charge in [-0.3, -0.25) is 0 Å². The van der Waals surface area contributed by atoms with Crippen LogP contribution in [0.15, 0.2) is 5.22 Å². The first-order valence-electron chi connectivity index (χ1n) is 2.25. The number of aryl methyl sites for hydroxylation is 1. The van der Waals surface area contributed by atoms with Gasteiger partial charge in [-0.2, -0.15) is 5.53 Å². The summed E-state index contributed by atoms with van der Waals surface area (Å²) in [4.78, 5) is 0. The predicted molar refractivity (Wildman–Crippen MR) is 33.4 cm³/mol. The maximum atomic E-state index is 6.40. The summed E-state index contributed by atoms with van der Waals surface area (Å²) in [5.74, 6) is 0. The van der Waals surface area contributed by atoms with E-state index in [0.29, 0.717) is 5.13 Å². The minimum atomic E-state index is 0.558. The van der Waals surface area contributed by atoms with Gasteiger partial charge in [0.2, 0.25) is 5.13 Å². The van der Waals surface area contributed by atoms with Gasteiger partial charge in [-0.25, -0.2) is 5.43 Å². The summed E-state index contributed by atoms with van der Waals surface area (Å²) in [5.41, 5.74) is 8.77. The van der Waals surface area contributed by atoms with Gasteiger partial charge < -0.3 is 0 Å². The van der Waals surface area contributed by atoms with E-state index in [2.05, 4.69) is 20.8 Å². The summed E-state index contributed by atoms with van der Waals surface area (Å²) in [6, 6.07) is 0. The molecule has 0 radical (unpaired) electrons. The maximum Gasteiger partial charge on any atom is 0.227 e. The third-order valence-corrected chi connectivity index (χ3v) is 1.42. The van der Waals surface area contributed by atoms with Gasteiger partial charge in [0.25, 0.3) is 0 Å². The minimum absolute atomic E-state index is 0.558. The van der Waals surface area contributed by atoms with Crippen molar-refractivity contribution in [3.8, 4) is 0 Å². The highest BCUT2D eigenvalue weighted by Crippen LogP contribution is 2.12. The van der Waals surface area contributed by atoms with E-state index in [-0.39, 0.29) is 0 Å². The first-order valence-corrected chi connectivity index (χ1v) is 3.07. The molecule has 6 heteroatoms. The number of nitrogens with one attached hydrogen (secondary N) is 2. The van der Waals surface area contributed by atoms with Crippen molar-refractivity contribution in [2.45, 2.75) is 6.92 Å². The molecule has 0 fully saturated rings. The highest BCUT2D eigenvalue weighted by molar-refractivity contribution is 7.15. The molecule has 0 bridgehead atoms. The Morgan fingerprint density at radius 2 is 2.44 bits per heavy atom. The molecule has 9 heavy (non-hydrogen) atoms. The minimum Gasteiger partial charge on any atom is -0.233 e. The van der Waals surface area contributed by atoms with Gasteiger partial charge >= 0.3 is 0 Å². The Bertz CT molecular complexity index is 206. The second-order valence-electron chi connectivity index (χ2n) is 1.35. The lowest BCUT2D eigenvalue weighted by atomic mass is 10.9. The van der Waals surface area contributed by atoms with Crippen molar-refractivity contribution in [3.63, 3.8) is 0 Å². The fraction of sp³-hybridized carbons (Fsp3) is 0.333. The Morgan fingerprint density at radius 3 is 2.89 bits per heavy atom. The third kappa shape index (κ3) is 1.43. The normalized spacial score (nSPS) is 9.00. The molecule has 0 saturated heterocycles. The van der Waals surface area contributed by atoms with Crippen LogP contribution in [0, 0.1) is 12.5 Å². The lowest BCUT2D eigenvalue weighted by Gasteiger charge is -1.82. The average Bonchev–Trinajstić information content (AvgIpc) is 2.17. The van der Waals surface area contributed by atoms with E-state index in [9.17, 15) is 0 Å². The van der Waals surface area contributed by atoms with Crippen molar-refractivity contribution in [2.75, 3.05) is 5.43 Å². The molecular weight excluding hydrogens is 138 g/mol. The summed E-state index contributed by atoms with van der Waals surface area (Å²) in [6.45, 7) is 1.84. The number of hydrogen-bond acceptors (Lipinski definition) is 5. The Hall–Kier alpha value is -1.04. The standard InChI is InChI=1S/C3H5N5S/c1-2-5-6-3(9-2)7-8-4/h1H3,(H2,4,6,7). The van der Waals surface area contributed by atoms with Gasteiger partial charge in [-0.05, 0) is 6.92 Å². The highest BCUT2D eigenvalue weighted by Gasteiger charge is 1.95. The first-order chi connectivity index (χ1) is 4.33. The van der Waals surface area contributed by atoms with Gasteiger partial charge in [0.1, 0.15) is 5.01 Å². The summed E-state index contributed by atoms with van der Waals surface area (Å²) in [5, 5.41) is 11.7. The van der Waals surface area contributed by atoms with Crippen molar-refractivity contribution in [3.05, 3.63) is 5.01 Å². The molecule has 0 amide bonds. The monoisotopic (exact) mass is 143 g/mol. The average molecular weight is 143 g/mol. The van der Waals surface area contributed by atoms with E-state index in [1.165, 1.54) is 11.3 Å². The summed E-state index contributed by atoms with van der Waals surface area (Å²) in [7, 11) is 0. The SMILES string of the molecule is Cc1nnc(NN=N)s1. The Morgan fingerprint density at radius 1 is 1.67 bits per heavy atom. The smallest absolute Gasteiger partial charge is 0.227 e. The van der Waals surface area contributed by atoms with Crippen molar-refractivity contribution in [1.82, 2.24) is 10.2 Å². The Kier molecular flexibility index (Phi) is 1.69. The maximum absolute atomic E-state index is 6.40. The molecule has 1 aromatic heterocycles. The van der Waals surface area contributed by atoms with Crippen LogP contribution in [0.5, 0.6) is 0 Å². The Balaban J connectivity index is 2.72. The Labute approximate surface area is 55.6 Å². The third-order valence-electron chi connectivity index (χ3n) is 0.678. The molecule has 0 unspecified atom stereocenters. The fourth-order valence-electron chi connectivity index (χ4n) is 0.390. The second-order valence-corrected chi connectivity index (χ2v) is 2.53. The summed E-state index contributed by atoms with van der Waals surface area (Å²) >= 11 is 1.37. The van der Waals surface area contributed by atoms with Gasteiger partial charge in [0.15, 0.2) is 0 Å². The molecule has 1 aromatic rings. The van der Waals surface area contributed by atoms with Gasteiger partial charge in [0, 0.05) is 0 Å². The van der Waals surface area contributed by atoms with Crippen LogP contribution in [0.25, 0.3) is 0 Å².